The van der Waals surface area contributed by atoms with Gasteiger partial charge in [-0.2, -0.15) is 13.1 Å². The molecular weight excluding hydrogens is 214 g/mol. The Morgan fingerprint density at radius 1 is 1.54 bits per heavy atom. The van der Waals surface area contributed by atoms with Gasteiger partial charge in [0.25, 0.3) is 0 Å². The Bertz CT molecular complexity index is 238. The second kappa shape index (κ2) is 5.14. The van der Waals surface area contributed by atoms with E-state index in [2.05, 4.69) is 8.91 Å². The van der Waals surface area contributed by atoms with E-state index >= 15 is 0 Å². The first-order valence-corrected chi connectivity index (χ1v) is 5.88. The molecule has 0 saturated heterocycles. The lowest BCUT2D eigenvalue weighted by Crippen LogP contribution is -2.25. The minimum absolute atomic E-state index is 0.108. The molecule has 0 amide bonds. The Hall–Kier alpha value is 0.160. The molecule has 0 aliphatic heterocycles. The summed E-state index contributed by atoms with van der Waals surface area (Å²) in [4.78, 5) is -0.386. The molecule has 0 aromatic carbocycles. The molecule has 13 heavy (non-hydrogen) atoms. The fourth-order valence-electron chi connectivity index (χ4n) is 0.600. The van der Waals surface area contributed by atoms with Crippen LogP contribution >= 0.6 is 11.6 Å². The van der Waals surface area contributed by atoms with Crippen molar-refractivity contribution in [3.63, 3.8) is 0 Å². The molecule has 0 spiro atoms. The Morgan fingerprint density at radius 3 is 2.46 bits per heavy atom. The lowest BCUT2D eigenvalue weighted by atomic mass is 10.1. The highest BCUT2D eigenvalue weighted by Gasteiger charge is 2.19. The van der Waals surface area contributed by atoms with Gasteiger partial charge in [0.1, 0.15) is 0 Å². The minimum atomic E-state index is -3.56. The van der Waals surface area contributed by atoms with Crippen LogP contribution in [0, 0.1) is 0 Å². The van der Waals surface area contributed by atoms with Gasteiger partial charge >= 0.3 is 10.3 Å². The first kappa shape index (κ1) is 13.2. The molecule has 0 fully saturated rings. The third-order valence-electron chi connectivity index (χ3n) is 1.85. The van der Waals surface area contributed by atoms with Crippen molar-refractivity contribution in [2.75, 3.05) is 13.7 Å². The van der Waals surface area contributed by atoms with Crippen molar-refractivity contribution < 1.29 is 12.6 Å². The van der Waals surface area contributed by atoms with Crippen molar-refractivity contribution >= 4 is 21.9 Å². The Labute approximate surface area is 84.9 Å². The lowest BCUT2D eigenvalue weighted by molar-refractivity contribution is 0.289. The maximum atomic E-state index is 10.8. The van der Waals surface area contributed by atoms with Gasteiger partial charge < -0.3 is 0 Å². The molecule has 0 radical (unpaired) electrons. The summed E-state index contributed by atoms with van der Waals surface area (Å²) in [5.41, 5.74) is 0. The van der Waals surface area contributed by atoms with Crippen LogP contribution in [0.4, 0.5) is 0 Å². The van der Waals surface area contributed by atoms with Gasteiger partial charge in [0, 0.05) is 11.9 Å². The molecule has 0 bridgehead atoms. The third-order valence-corrected chi connectivity index (χ3v) is 3.28. The quantitative estimate of drug-likeness (QED) is 0.698. The summed E-state index contributed by atoms with van der Waals surface area (Å²) < 4.78 is 28.2. The van der Waals surface area contributed by atoms with Crippen molar-refractivity contribution in [3.8, 4) is 0 Å². The molecule has 1 atom stereocenters. The van der Waals surface area contributed by atoms with Crippen molar-refractivity contribution in [2.45, 2.75) is 31.6 Å². The summed E-state index contributed by atoms with van der Waals surface area (Å²) in [6, 6.07) is 0. The van der Waals surface area contributed by atoms with Crippen molar-refractivity contribution in [3.05, 3.63) is 0 Å². The van der Waals surface area contributed by atoms with Gasteiger partial charge in [0.05, 0.1) is 6.61 Å². The Kier molecular flexibility index (Phi) is 5.21. The van der Waals surface area contributed by atoms with E-state index in [0.717, 1.165) is 6.42 Å². The van der Waals surface area contributed by atoms with Crippen molar-refractivity contribution in [2.24, 2.45) is 0 Å². The summed E-state index contributed by atoms with van der Waals surface area (Å²) in [7, 11) is -2.26. The van der Waals surface area contributed by atoms with Gasteiger partial charge in [0.2, 0.25) is 0 Å². The summed E-state index contributed by atoms with van der Waals surface area (Å²) in [5.74, 6) is 0. The van der Waals surface area contributed by atoms with Crippen LogP contribution in [-0.4, -0.2) is 26.9 Å². The number of rotatable bonds is 6. The number of hydrogen-bond acceptors (Lipinski definition) is 3. The molecule has 4 nitrogen and oxygen atoms in total. The highest BCUT2D eigenvalue weighted by molar-refractivity contribution is 7.84. The molecule has 0 aromatic rings. The van der Waals surface area contributed by atoms with Crippen LogP contribution in [0.1, 0.15) is 26.7 Å². The van der Waals surface area contributed by atoms with Gasteiger partial charge in [0.15, 0.2) is 0 Å². The minimum Gasteiger partial charge on any atom is -0.258 e. The van der Waals surface area contributed by atoms with Crippen LogP contribution in [0.15, 0.2) is 0 Å². The number of nitrogens with one attached hydrogen (secondary N) is 1. The molecule has 0 rings (SSSR count). The summed E-state index contributed by atoms with van der Waals surface area (Å²) in [6.07, 6.45) is 1.28. The monoisotopic (exact) mass is 229 g/mol. The van der Waals surface area contributed by atoms with Crippen molar-refractivity contribution in [1.29, 1.82) is 0 Å². The van der Waals surface area contributed by atoms with E-state index in [-0.39, 0.29) is 11.5 Å². The first-order chi connectivity index (χ1) is 5.83. The van der Waals surface area contributed by atoms with E-state index in [0.29, 0.717) is 6.42 Å². The second-order valence-electron chi connectivity index (χ2n) is 3.00. The smallest absolute Gasteiger partial charge is 0.258 e. The summed E-state index contributed by atoms with van der Waals surface area (Å²) in [6.45, 7) is 3.90. The molecule has 0 saturated carbocycles. The zero-order chi connectivity index (χ0) is 10.5. The maximum Gasteiger partial charge on any atom is 0.335 e. The lowest BCUT2D eigenvalue weighted by Gasteiger charge is -2.18. The molecule has 1 N–H and O–H groups in total. The molecule has 80 valence electrons. The zero-order valence-corrected chi connectivity index (χ0v) is 9.70. The Balaban J connectivity index is 3.81. The Morgan fingerprint density at radius 2 is 2.08 bits per heavy atom. The average Bonchev–Trinajstić information content (AvgIpc) is 2.04. The SMILES string of the molecule is CCC(C)(Cl)CCOS(=O)(=O)NC. The van der Waals surface area contributed by atoms with Crippen LogP contribution < -0.4 is 4.72 Å². The fraction of sp³-hybridized carbons (Fsp3) is 1.00. The topological polar surface area (TPSA) is 55.4 Å². The molecule has 0 heterocycles. The number of halogens is 1. The van der Waals surface area contributed by atoms with Gasteiger partial charge in [-0.1, -0.05) is 6.92 Å². The van der Waals surface area contributed by atoms with Gasteiger partial charge in [-0.15, -0.1) is 11.6 Å². The molecule has 1 unspecified atom stereocenters. The maximum absolute atomic E-state index is 10.8. The average molecular weight is 230 g/mol. The van der Waals surface area contributed by atoms with Crippen molar-refractivity contribution in [1.82, 2.24) is 4.72 Å². The molecule has 0 aromatic heterocycles. The van der Waals surface area contributed by atoms with Gasteiger partial charge in [-0.3, -0.25) is 4.18 Å². The second-order valence-corrected chi connectivity index (χ2v) is 5.46. The van der Waals surface area contributed by atoms with E-state index < -0.39 is 10.3 Å². The highest BCUT2D eigenvalue weighted by atomic mass is 35.5. The normalized spacial score (nSPS) is 16.9. The predicted molar refractivity (Wildman–Crippen MR) is 53.1 cm³/mol. The third kappa shape index (κ3) is 6.26. The van der Waals surface area contributed by atoms with Crippen LogP contribution in [0.2, 0.25) is 0 Å². The van der Waals surface area contributed by atoms with E-state index in [1.807, 2.05) is 13.8 Å². The van der Waals surface area contributed by atoms with E-state index in [4.69, 9.17) is 11.6 Å². The summed E-state index contributed by atoms with van der Waals surface area (Å²) in [5, 5.41) is 0. The van der Waals surface area contributed by atoms with E-state index in [9.17, 15) is 8.42 Å². The van der Waals surface area contributed by atoms with Gasteiger partial charge in [-0.25, -0.2) is 0 Å². The largest absolute Gasteiger partial charge is 0.335 e. The molecule has 0 aliphatic carbocycles. The summed E-state index contributed by atoms with van der Waals surface area (Å²) >= 11 is 6.00. The molecular formula is C7H16ClNO3S. The van der Waals surface area contributed by atoms with Crippen LogP contribution in [0.5, 0.6) is 0 Å². The number of alkyl halides is 1. The number of hydrogen-bond donors (Lipinski definition) is 1. The van der Waals surface area contributed by atoms with Crippen LogP contribution in [0.3, 0.4) is 0 Å². The van der Waals surface area contributed by atoms with E-state index in [1.54, 1.807) is 0 Å². The van der Waals surface area contributed by atoms with E-state index in [1.165, 1.54) is 7.05 Å². The van der Waals surface area contributed by atoms with Crippen LogP contribution in [0.25, 0.3) is 0 Å². The highest BCUT2D eigenvalue weighted by Crippen LogP contribution is 2.22. The molecule has 0 aliphatic rings. The van der Waals surface area contributed by atoms with Crippen LogP contribution in [-0.2, 0) is 14.5 Å². The van der Waals surface area contributed by atoms with Gasteiger partial charge in [-0.05, 0) is 19.8 Å². The predicted octanol–water partition coefficient (Wildman–Crippen LogP) is 1.26. The standard InChI is InChI=1S/C7H16ClNO3S/c1-4-7(2,8)5-6-12-13(10,11)9-3/h9H,4-6H2,1-3H3. The molecule has 6 heteroatoms. The zero-order valence-electron chi connectivity index (χ0n) is 8.13. The fourth-order valence-corrected chi connectivity index (χ4v) is 1.10. The first-order valence-electron chi connectivity index (χ1n) is 4.10.